The predicted octanol–water partition coefficient (Wildman–Crippen LogP) is 12.8. The van der Waals surface area contributed by atoms with Gasteiger partial charge in [0.25, 0.3) is 5.69 Å². The number of hydrogen-bond donors (Lipinski definition) is 0. The summed E-state index contributed by atoms with van der Waals surface area (Å²) in [6.45, 7) is 0. The van der Waals surface area contributed by atoms with Crippen LogP contribution in [-0.2, 0) is 0 Å². The number of nitrogens with zero attached hydrogens (tertiary/aromatic N) is 3. The predicted molar refractivity (Wildman–Crippen MR) is 218 cm³/mol. The summed E-state index contributed by atoms with van der Waals surface area (Å²) < 4.78 is 4.66. The van der Waals surface area contributed by atoms with Gasteiger partial charge in [0, 0.05) is 50.5 Å². The first-order chi connectivity index (χ1) is 26.1. The Kier molecular flexibility index (Phi) is 7.05. The highest BCUT2D eigenvalue weighted by molar-refractivity contribution is 6.13. The number of nitro groups is 1. The largest absolute Gasteiger partial charge is 0.309 e. The summed E-state index contributed by atoms with van der Waals surface area (Å²) >= 11 is 0. The van der Waals surface area contributed by atoms with Crippen molar-refractivity contribution in [3.8, 4) is 44.8 Å². The van der Waals surface area contributed by atoms with Crippen LogP contribution in [0.15, 0.2) is 188 Å². The van der Waals surface area contributed by atoms with Crippen LogP contribution in [0.4, 0.5) is 5.69 Å². The number of nitro benzene ring substituents is 1. The lowest BCUT2D eigenvalue weighted by molar-refractivity contribution is -0.384. The molecule has 0 N–H and O–H groups in total. The number of rotatable bonds is 6. The molecule has 0 aliphatic heterocycles. The molecule has 53 heavy (non-hydrogen) atoms. The number of non-ortho nitro benzene ring substituents is 1. The Morgan fingerprint density at radius 2 is 0.830 bits per heavy atom. The molecule has 0 spiro atoms. The molecule has 8 aromatic carbocycles. The quantitative estimate of drug-likeness (QED) is 0.130. The van der Waals surface area contributed by atoms with Gasteiger partial charge in [-0.25, -0.2) is 0 Å². The molecule has 10 rings (SSSR count). The van der Waals surface area contributed by atoms with Crippen LogP contribution in [0, 0.1) is 10.1 Å². The molecule has 0 amide bonds. The van der Waals surface area contributed by atoms with Gasteiger partial charge in [0.2, 0.25) is 0 Å². The van der Waals surface area contributed by atoms with Gasteiger partial charge in [0.15, 0.2) is 0 Å². The standard InChI is InChI=1S/C48H31N3O2/c52-51(53)37-30-40(33-16-6-2-7-17-33)48(41(31-37)34-18-8-3-9-19-34)50-45-23-13-11-21-39(45)43-29-36(25-27-47(43)50)49-44-22-12-10-20-38(44)42-28-35(24-26-46(42)49)32-14-4-1-5-15-32/h1-31H. The minimum absolute atomic E-state index is 0.0521. The smallest absolute Gasteiger partial charge is 0.270 e. The van der Waals surface area contributed by atoms with Crippen molar-refractivity contribution in [2.45, 2.75) is 0 Å². The second-order valence-electron chi connectivity index (χ2n) is 13.4. The molecule has 0 fully saturated rings. The number of benzene rings is 8. The molecule has 2 heterocycles. The number of para-hydroxylation sites is 2. The fraction of sp³-hybridized carbons (Fsp3) is 0. The van der Waals surface area contributed by atoms with Crippen LogP contribution in [0.3, 0.4) is 0 Å². The van der Waals surface area contributed by atoms with Gasteiger partial charge in [0.1, 0.15) is 0 Å². The number of hydrogen-bond acceptors (Lipinski definition) is 2. The highest BCUT2D eigenvalue weighted by Crippen LogP contribution is 2.44. The molecule has 0 atom stereocenters. The third-order valence-corrected chi connectivity index (χ3v) is 10.4. The van der Waals surface area contributed by atoms with Crippen molar-refractivity contribution < 1.29 is 4.92 Å². The molecule has 5 nitrogen and oxygen atoms in total. The van der Waals surface area contributed by atoms with E-state index < -0.39 is 0 Å². The van der Waals surface area contributed by atoms with E-state index in [0.717, 1.165) is 66.5 Å². The van der Waals surface area contributed by atoms with Crippen LogP contribution in [0.5, 0.6) is 0 Å². The van der Waals surface area contributed by atoms with Gasteiger partial charge in [-0.15, -0.1) is 0 Å². The molecule has 0 bridgehead atoms. The third kappa shape index (κ3) is 4.94. The minimum Gasteiger partial charge on any atom is -0.309 e. The van der Waals surface area contributed by atoms with E-state index in [1.54, 1.807) is 12.1 Å². The molecule has 0 radical (unpaired) electrons. The van der Waals surface area contributed by atoms with Gasteiger partial charge in [-0.3, -0.25) is 10.1 Å². The van der Waals surface area contributed by atoms with Crippen LogP contribution in [0.2, 0.25) is 0 Å². The lowest BCUT2D eigenvalue weighted by Crippen LogP contribution is -2.03. The Labute approximate surface area is 305 Å². The van der Waals surface area contributed by atoms with E-state index in [-0.39, 0.29) is 10.6 Å². The van der Waals surface area contributed by atoms with E-state index in [1.165, 1.54) is 21.9 Å². The van der Waals surface area contributed by atoms with Gasteiger partial charge in [-0.2, -0.15) is 0 Å². The molecule has 2 aromatic heterocycles. The summed E-state index contributed by atoms with van der Waals surface area (Å²) in [7, 11) is 0. The van der Waals surface area contributed by atoms with E-state index in [4.69, 9.17) is 0 Å². The van der Waals surface area contributed by atoms with Crippen molar-refractivity contribution in [2.75, 3.05) is 0 Å². The second kappa shape index (κ2) is 12.2. The molecule has 0 aliphatic carbocycles. The Morgan fingerprint density at radius 1 is 0.377 bits per heavy atom. The molecule has 0 unspecified atom stereocenters. The van der Waals surface area contributed by atoms with Gasteiger partial charge >= 0.3 is 0 Å². The van der Waals surface area contributed by atoms with E-state index in [9.17, 15) is 10.1 Å². The van der Waals surface area contributed by atoms with E-state index in [2.05, 4.69) is 118 Å². The van der Waals surface area contributed by atoms with E-state index >= 15 is 0 Å². The molecule has 10 aromatic rings. The summed E-state index contributed by atoms with van der Waals surface area (Å²) in [6, 6.07) is 64.4. The lowest BCUT2D eigenvalue weighted by Gasteiger charge is -2.19. The van der Waals surface area contributed by atoms with Crippen molar-refractivity contribution >= 4 is 49.3 Å². The Morgan fingerprint density at radius 3 is 1.42 bits per heavy atom. The Balaban J connectivity index is 1.27. The van der Waals surface area contributed by atoms with Gasteiger partial charge < -0.3 is 9.13 Å². The van der Waals surface area contributed by atoms with Crippen LogP contribution >= 0.6 is 0 Å². The van der Waals surface area contributed by atoms with Gasteiger partial charge in [-0.1, -0.05) is 133 Å². The Bertz CT molecular complexity index is 2960. The van der Waals surface area contributed by atoms with Crippen LogP contribution in [-0.4, -0.2) is 14.1 Å². The second-order valence-corrected chi connectivity index (χ2v) is 13.4. The normalized spacial score (nSPS) is 11.5. The maximum Gasteiger partial charge on any atom is 0.270 e. The summed E-state index contributed by atoms with van der Waals surface area (Å²) in [6.07, 6.45) is 0. The molecule has 0 saturated heterocycles. The monoisotopic (exact) mass is 681 g/mol. The number of aromatic nitrogens is 2. The van der Waals surface area contributed by atoms with Crippen molar-refractivity contribution in [1.82, 2.24) is 9.13 Å². The highest BCUT2D eigenvalue weighted by atomic mass is 16.6. The average molecular weight is 682 g/mol. The minimum atomic E-state index is -0.296. The summed E-state index contributed by atoms with van der Waals surface area (Å²) in [5.74, 6) is 0. The Hall–Kier alpha value is -7.24. The molecule has 0 saturated carbocycles. The topological polar surface area (TPSA) is 53.0 Å². The fourth-order valence-electron chi connectivity index (χ4n) is 8.04. The zero-order valence-electron chi connectivity index (χ0n) is 28.6. The zero-order chi connectivity index (χ0) is 35.5. The first kappa shape index (κ1) is 30.6. The van der Waals surface area contributed by atoms with Gasteiger partial charge in [-0.05, 0) is 64.7 Å². The van der Waals surface area contributed by atoms with Crippen LogP contribution < -0.4 is 0 Å². The fourth-order valence-corrected chi connectivity index (χ4v) is 8.04. The summed E-state index contributed by atoms with van der Waals surface area (Å²) in [4.78, 5) is 12.1. The molecule has 5 heteroatoms. The van der Waals surface area contributed by atoms with E-state index in [0.29, 0.717) is 0 Å². The molecular formula is C48H31N3O2. The van der Waals surface area contributed by atoms with E-state index in [1.807, 2.05) is 66.7 Å². The first-order valence-electron chi connectivity index (χ1n) is 17.7. The van der Waals surface area contributed by atoms with Crippen LogP contribution in [0.25, 0.3) is 88.4 Å². The lowest BCUT2D eigenvalue weighted by atomic mass is 9.94. The summed E-state index contributed by atoms with van der Waals surface area (Å²) in [5, 5.41) is 17.0. The van der Waals surface area contributed by atoms with Crippen molar-refractivity contribution in [1.29, 1.82) is 0 Å². The van der Waals surface area contributed by atoms with Crippen LogP contribution in [0.1, 0.15) is 0 Å². The maximum atomic E-state index is 12.4. The zero-order valence-corrected chi connectivity index (χ0v) is 28.6. The molecule has 0 aliphatic rings. The summed E-state index contributed by atoms with van der Waals surface area (Å²) in [5.41, 5.74) is 12.1. The van der Waals surface area contributed by atoms with Crippen molar-refractivity contribution in [2.24, 2.45) is 0 Å². The SMILES string of the molecule is O=[N+]([O-])c1cc(-c2ccccc2)c(-n2c3ccccc3c3cc(-n4c5ccccc5c5cc(-c6ccccc6)ccc54)ccc32)c(-c2ccccc2)c1. The van der Waals surface area contributed by atoms with Crippen molar-refractivity contribution in [3.05, 3.63) is 198 Å². The highest BCUT2D eigenvalue weighted by Gasteiger charge is 2.24. The molecular weight excluding hydrogens is 651 g/mol. The number of fused-ring (bicyclic) bond motifs is 6. The maximum absolute atomic E-state index is 12.4. The molecule has 250 valence electrons. The van der Waals surface area contributed by atoms with Crippen molar-refractivity contribution in [3.63, 3.8) is 0 Å². The average Bonchev–Trinajstić information content (AvgIpc) is 3.73. The van der Waals surface area contributed by atoms with Gasteiger partial charge in [0.05, 0.1) is 32.7 Å². The third-order valence-electron chi connectivity index (χ3n) is 10.4. The first-order valence-corrected chi connectivity index (χ1v) is 17.7.